The average molecular weight is 374 g/mol. The lowest BCUT2D eigenvalue weighted by atomic mass is 10.1. The molecule has 1 aromatic carbocycles. The van der Waals surface area contributed by atoms with Gasteiger partial charge in [-0.1, -0.05) is 17.3 Å². The second kappa shape index (κ2) is 7.77. The van der Waals surface area contributed by atoms with E-state index in [1.807, 2.05) is 0 Å². The molecule has 0 saturated heterocycles. The Balaban J connectivity index is 1.78. The molecule has 2 aromatic heterocycles. The number of nitrogens with two attached hydrogens (primary N) is 1. The molecule has 0 aliphatic carbocycles. The van der Waals surface area contributed by atoms with Gasteiger partial charge in [0.2, 0.25) is 0 Å². The van der Waals surface area contributed by atoms with Crippen LogP contribution < -0.4 is 11.1 Å². The van der Waals surface area contributed by atoms with Gasteiger partial charge in [-0.05, 0) is 29.8 Å². The standard InChI is InChI=1S/C17H16F2N6O2/c1-25-16(15(23-24-25)13-6-5-12(20)9-21-13)22-17(26)27-14(8-18)10-3-2-4-11(19)7-10/h2-7,9,14H,8,20H2,1H3,(H,22,26). The summed E-state index contributed by atoms with van der Waals surface area (Å²) in [5, 5.41) is 10.3. The van der Waals surface area contributed by atoms with Crippen LogP contribution in [0.3, 0.4) is 0 Å². The maximum Gasteiger partial charge on any atom is 0.413 e. The molecule has 0 aliphatic rings. The number of carbonyl (C=O) groups excluding carboxylic acids is 1. The molecule has 0 fully saturated rings. The second-order valence-corrected chi connectivity index (χ2v) is 5.62. The normalized spacial score (nSPS) is 11.8. The van der Waals surface area contributed by atoms with Crippen LogP contribution in [0.5, 0.6) is 0 Å². The van der Waals surface area contributed by atoms with Crippen molar-refractivity contribution in [2.45, 2.75) is 6.10 Å². The molecule has 0 radical (unpaired) electrons. The fraction of sp³-hybridized carbons (Fsp3) is 0.176. The topological polar surface area (TPSA) is 108 Å². The summed E-state index contributed by atoms with van der Waals surface area (Å²) in [5.74, 6) is -0.350. The first-order chi connectivity index (χ1) is 13.0. The van der Waals surface area contributed by atoms with E-state index < -0.39 is 24.7 Å². The third-order valence-corrected chi connectivity index (χ3v) is 3.69. The van der Waals surface area contributed by atoms with E-state index in [0.29, 0.717) is 11.4 Å². The van der Waals surface area contributed by atoms with Crippen molar-refractivity contribution in [2.24, 2.45) is 7.05 Å². The predicted octanol–water partition coefficient (Wildman–Crippen LogP) is 2.86. The van der Waals surface area contributed by atoms with E-state index in [1.54, 1.807) is 19.2 Å². The van der Waals surface area contributed by atoms with Gasteiger partial charge in [0.25, 0.3) is 0 Å². The molecule has 0 saturated carbocycles. The summed E-state index contributed by atoms with van der Waals surface area (Å²) in [4.78, 5) is 16.4. The van der Waals surface area contributed by atoms with E-state index >= 15 is 0 Å². The number of ether oxygens (including phenoxy) is 1. The zero-order chi connectivity index (χ0) is 19.4. The summed E-state index contributed by atoms with van der Waals surface area (Å²) in [6, 6.07) is 8.44. The van der Waals surface area contributed by atoms with Gasteiger partial charge in [0.15, 0.2) is 17.6 Å². The van der Waals surface area contributed by atoms with Gasteiger partial charge >= 0.3 is 6.09 Å². The van der Waals surface area contributed by atoms with Crippen molar-refractivity contribution in [3.8, 4) is 11.4 Å². The van der Waals surface area contributed by atoms with Crippen LogP contribution in [0.25, 0.3) is 11.4 Å². The zero-order valence-electron chi connectivity index (χ0n) is 14.3. The molecule has 27 heavy (non-hydrogen) atoms. The number of pyridine rings is 1. The van der Waals surface area contributed by atoms with Crippen LogP contribution in [0.15, 0.2) is 42.6 Å². The van der Waals surface area contributed by atoms with Crippen molar-refractivity contribution < 1.29 is 18.3 Å². The van der Waals surface area contributed by atoms with Crippen LogP contribution in [0.4, 0.5) is 25.1 Å². The summed E-state index contributed by atoms with van der Waals surface area (Å²) < 4.78 is 33.0. The highest BCUT2D eigenvalue weighted by atomic mass is 19.1. The van der Waals surface area contributed by atoms with Crippen LogP contribution >= 0.6 is 0 Å². The zero-order valence-corrected chi connectivity index (χ0v) is 14.3. The Kier molecular flexibility index (Phi) is 5.25. The molecule has 10 heteroatoms. The number of alkyl halides is 1. The largest absolute Gasteiger partial charge is 0.438 e. The highest BCUT2D eigenvalue weighted by Crippen LogP contribution is 2.25. The second-order valence-electron chi connectivity index (χ2n) is 5.62. The van der Waals surface area contributed by atoms with Crippen molar-refractivity contribution in [3.63, 3.8) is 0 Å². The summed E-state index contributed by atoms with van der Waals surface area (Å²) in [6.45, 7) is -1.01. The smallest absolute Gasteiger partial charge is 0.413 e. The molecule has 2 heterocycles. The van der Waals surface area contributed by atoms with E-state index in [0.717, 1.165) is 6.07 Å². The Morgan fingerprint density at radius 1 is 1.37 bits per heavy atom. The number of hydrogen-bond donors (Lipinski definition) is 2. The Labute approximate surface area is 153 Å². The van der Waals surface area contributed by atoms with E-state index in [-0.39, 0.29) is 17.1 Å². The lowest BCUT2D eigenvalue weighted by Gasteiger charge is -2.16. The molecule has 0 aliphatic heterocycles. The van der Waals surface area contributed by atoms with Gasteiger partial charge in [0.05, 0.1) is 17.6 Å². The lowest BCUT2D eigenvalue weighted by molar-refractivity contribution is 0.0926. The number of amides is 1. The van der Waals surface area contributed by atoms with Gasteiger partial charge in [-0.3, -0.25) is 10.3 Å². The fourth-order valence-electron chi connectivity index (χ4n) is 2.37. The highest BCUT2D eigenvalue weighted by Gasteiger charge is 2.21. The maximum atomic E-state index is 13.3. The van der Waals surface area contributed by atoms with Crippen LogP contribution in [-0.4, -0.2) is 32.7 Å². The minimum atomic E-state index is -1.25. The van der Waals surface area contributed by atoms with Gasteiger partial charge in [0.1, 0.15) is 12.5 Å². The SMILES string of the molecule is Cn1nnc(-c2ccc(N)cn2)c1NC(=O)OC(CF)c1cccc(F)c1. The van der Waals surface area contributed by atoms with Crippen molar-refractivity contribution in [1.29, 1.82) is 0 Å². The molecule has 1 unspecified atom stereocenters. The average Bonchev–Trinajstić information content (AvgIpc) is 3.01. The maximum absolute atomic E-state index is 13.3. The number of nitrogens with zero attached hydrogens (tertiary/aromatic N) is 4. The highest BCUT2D eigenvalue weighted by molar-refractivity contribution is 5.88. The first-order valence-electron chi connectivity index (χ1n) is 7.88. The molecule has 140 valence electrons. The number of aryl methyl sites for hydroxylation is 1. The molecule has 3 aromatic rings. The minimum Gasteiger partial charge on any atom is -0.438 e. The van der Waals surface area contributed by atoms with Crippen LogP contribution in [0.1, 0.15) is 11.7 Å². The first kappa shape index (κ1) is 18.2. The van der Waals surface area contributed by atoms with Crippen LogP contribution in [0, 0.1) is 5.82 Å². The lowest BCUT2D eigenvalue weighted by Crippen LogP contribution is -2.20. The van der Waals surface area contributed by atoms with Gasteiger partial charge in [-0.15, -0.1) is 5.10 Å². The molecule has 1 atom stereocenters. The van der Waals surface area contributed by atoms with Gasteiger partial charge in [-0.2, -0.15) is 0 Å². The first-order valence-corrected chi connectivity index (χ1v) is 7.88. The van der Waals surface area contributed by atoms with Gasteiger partial charge < -0.3 is 10.5 Å². The summed E-state index contributed by atoms with van der Waals surface area (Å²) >= 11 is 0. The number of carbonyl (C=O) groups is 1. The Morgan fingerprint density at radius 2 is 2.19 bits per heavy atom. The predicted molar refractivity (Wildman–Crippen MR) is 93.9 cm³/mol. The molecule has 0 spiro atoms. The van der Waals surface area contributed by atoms with E-state index in [9.17, 15) is 13.6 Å². The molecule has 1 amide bonds. The number of halogens is 2. The van der Waals surface area contributed by atoms with Gasteiger partial charge in [0, 0.05) is 7.05 Å². The number of aromatic nitrogens is 4. The van der Waals surface area contributed by atoms with E-state index in [2.05, 4.69) is 20.6 Å². The molecule has 8 nitrogen and oxygen atoms in total. The number of rotatable bonds is 5. The molecule has 3 N–H and O–H groups in total. The van der Waals surface area contributed by atoms with Crippen molar-refractivity contribution >= 4 is 17.6 Å². The quantitative estimate of drug-likeness (QED) is 0.711. The molecular formula is C17H16F2N6O2. The van der Waals surface area contributed by atoms with Crippen molar-refractivity contribution in [2.75, 3.05) is 17.7 Å². The van der Waals surface area contributed by atoms with Crippen LogP contribution in [-0.2, 0) is 11.8 Å². The number of nitrogen functional groups attached to an aromatic ring is 1. The third kappa shape index (κ3) is 4.17. The molecular weight excluding hydrogens is 358 g/mol. The Hall–Kier alpha value is -3.56. The number of hydrogen-bond acceptors (Lipinski definition) is 6. The number of benzene rings is 1. The van der Waals surface area contributed by atoms with E-state index in [4.69, 9.17) is 10.5 Å². The molecule has 0 bridgehead atoms. The van der Waals surface area contributed by atoms with Crippen molar-refractivity contribution in [1.82, 2.24) is 20.0 Å². The van der Waals surface area contributed by atoms with Crippen molar-refractivity contribution in [3.05, 3.63) is 54.0 Å². The fourth-order valence-corrected chi connectivity index (χ4v) is 2.37. The molecule has 3 rings (SSSR count). The monoisotopic (exact) mass is 374 g/mol. The van der Waals surface area contributed by atoms with Gasteiger partial charge in [-0.25, -0.2) is 18.3 Å². The van der Waals surface area contributed by atoms with Crippen LogP contribution in [0.2, 0.25) is 0 Å². The Morgan fingerprint density at radius 3 is 2.85 bits per heavy atom. The third-order valence-electron chi connectivity index (χ3n) is 3.69. The summed E-state index contributed by atoms with van der Waals surface area (Å²) in [6.07, 6.45) is -0.751. The Bertz CT molecular complexity index is 945. The van der Waals surface area contributed by atoms with E-state index in [1.165, 1.54) is 29.1 Å². The minimum absolute atomic E-state index is 0.203. The number of nitrogens with one attached hydrogen (secondary N) is 1. The summed E-state index contributed by atoms with van der Waals surface area (Å²) in [7, 11) is 1.56. The summed E-state index contributed by atoms with van der Waals surface area (Å²) in [5.41, 5.74) is 7.00. The number of anilines is 2.